The number of rotatable bonds is 9. The van der Waals surface area contributed by atoms with E-state index in [4.69, 9.17) is 9.47 Å². The summed E-state index contributed by atoms with van der Waals surface area (Å²) in [5.41, 5.74) is 2.23. The van der Waals surface area contributed by atoms with Crippen LogP contribution in [-0.2, 0) is 23.9 Å². The molecule has 4 aliphatic heterocycles. The van der Waals surface area contributed by atoms with Crippen molar-refractivity contribution in [3.63, 3.8) is 0 Å². The van der Waals surface area contributed by atoms with Gasteiger partial charge in [0.05, 0.1) is 39.4 Å². The van der Waals surface area contributed by atoms with E-state index >= 15 is 4.79 Å². The van der Waals surface area contributed by atoms with Crippen LogP contribution in [0.15, 0.2) is 11.3 Å². The number of likely N-dealkylation sites (tertiary alicyclic amines) is 2. The number of nitrogens with zero attached hydrogens (tertiary/aromatic N) is 3. The van der Waals surface area contributed by atoms with Crippen molar-refractivity contribution in [1.29, 1.82) is 0 Å². The molecule has 8 aliphatic rings. The molecule has 10 heteroatoms. The number of piperidine rings is 2. The Morgan fingerprint density at radius 3 is 2.38 bits per heavy atom. The van der Waals surface area contributed by atoms with E-state index in [1.54, 1.807) is 0 Å². The van der Waals surface area contributed by atoms with Gasteiger partial charge in [0.25, 0.3) is 5.91 Å². The molecule has 9 nitrogen and oxygen atoms in total. The van der Waals surface area contributed by atoms with Gasteiger partial charge in [-0.15, -0.1) is 0 Å². The molecule has 4 unspecified atom stereocenters. The third-order valence-corrected chi connectivity index (χ3v) is 22.3. The van der Waals surface area contributed by atoms with Gasteiger partial charge >= 0.3 is 0 Å². The number of fused-ring (bicyclic) bond motifs is 2. The highest BCUT2D eigenvalue weighted by atomic mass is 28.3. The first-order valence-electron chi connectivity index (χ1n) is 23.0. The van der Waals surface area contributed by atoms with E-state index in [0.717, 1.165) is 116 Å². The van der Waals surface area contributed by atoms with Gasteiger partial charge in [0, 0.05) is 50.8 Å². The molecule has 0 radical (unpaired) electrons. The van der Waals surface area contributed by atoms with Gasteiger partial charge in [0.15, 0.2) is 5.60 Å². The largest absolute Gasteiger partial charge is 0.394 e. The fraction of sp³-hybridized carbons (Fsp3) is 0.889. The fourth-order valence-electron chi connectivity index (χ4n) is 14.1. The lowest BCUT2D eigenvalue weighted by atomic mass is 9.73. The molecular formula is C45H73N3O6Si. The Morgan fingerprint density at radius 2 is 1.64 bits per heavy atom. The Kier molecular flexibility index (Phi) is 12.0. The Bertz CT molecular complexity index is 1460. The molecule has 0 aromatic heterocycles. The van der Waals surface area contributed by atoms with Crippen LogP contribution in [-0.4, -0.2) is 109 Å². The molecule has 3 amide bonds. The highest BCUT2D eigenvalue weighted by molar-refractivity contribution is 6.80. The summed E-state index contributed by atoms with van der Waals surface area (Å²) in [5, 5.41) is 10.6. The first kappa shape index (κ1) is 40.0. The van der Waals surface area contributed by atoms with E-state index in [-0.39, 0.29) is 42.0 Å². The van der Waals surface area contributed by atoms with Gasteiger partial charge in [0.1, 0.15) is 0 Å². The third-order valence-electron chi connectivity index (χ3n) is 17.0. The molecule has 1 spiro atoms. The molecule has 9 atom stereocenters. The van der Waals surface area contributed by atoms with Crippen LogP contribution in [0.5, 0.6) is 0 Å². The van der Waals surface area contributed by atoms with Gasteiger partial charge < -0.3 is 29.3 Å². The SMILES string of the molecule is COC1CCC([Si](C)(C)[C@H]2[C@H](CC(=O)N3CC4CCCCC4C[C@H]3CO)O[C@@]3(C(=O)N(CC4CCCC(N5CCCCC5=O)C4)C4=C3CCCC4)[C@@H]2C)CC1. The molecule has 55 heavy (non-hydrogen) atoms. The van der Waals surface area contributed by atoms with Crippen LogP contribution in [0.4, 0.5) is 0 Å². The van der Waals surface area contributed by atoms with Crippen LogP contribution in [0.3, 0.4) is 0 Å². The van der Waals surface area contributed by atoms with Crippen LogP contribution >= 0.6 is 0 Å². The summed E-state index contributed by atoms with van der Waals surface area (Å²) < 4.78 is 13.3. The van der Waals surface area contributed by atoms with Gasteiger partial charge in [-0.1, -0.05) is 58.5 Å². The van der Waals surface area contributed by atoms with Crippen molar-refractivity contribution in [2.45, 2.75) is 196 Å². The number of carbonyl (C=O) groups is 3. The summed E-state index contributed by atoms with van der Waals surface area (Å²) in [6.07, 6.45) is 21.6. The van der Waals surface area contributed by atoms with E-state index in [1.807, 2.05) is 12.0 Å². The molecule has 1 N–H and O–H groups in total. The van der Waals surface area contributed by atoms with Crippen molar-refractivity contribution >= 4 is 25.8 Å². The van der Waals surface area contributed by atoms with Crippen molar-refractivity contribution in [2.75, 3.05) is 33.4 Å². The number of ether oxygens (including phenoxy) is 2. The second-order valence-electron chi connectivity index (χ2n) is 20.1. The average Bonchev–Trinajstić information content (AvgIpc) is 3.63. The van der Waals surface area contributed by atoms with Gasteiger partial charge in [-0.05, 0) is 118 Å². The summed E-state index contributed by atoms with van der Waals surface area (Å²) in [7, 11) is -0.276. The van der Waals surface area contributed by atoms with Crippen molar-refractivity contribution in [3.05, 3.63) is 11.3 Å². The monoisotopic (exact) mass is 780 g/mol. The zero-order valence-corrected chi connectivity index (χ0v) is 35.8. The molecule has 4 aliphatic carbocycles. The lowest BCUT2D eigenvalue weighted by Crippen LogP contribution is -2.53. The van der Waals surface area contributed by atoms with E-state index in [1.165, 1.54) is 37.0 Å². The molecule has 3 saturated heterocycles. The van der Waals surface area contributed by atoms with Gasteiger partial charge in [-0.25, -0.2) is 0 Å². The number of hydrogen-bond donors (Lipinski definition) is 1. The third kappa shape index (κ3) is 7.32. The van der Waals surface area contributed by atoms with E-state index in [0.29, 0.717) is 54.2 Å². The molecule has 0 aromatic rings. The summed E-state index contributed by atoms with van der Waals surface area (Å²) in [6, 6.07) is 0.171. The quantitative estimate of drug-likeness (QED) is 0.240. The minimum Gasteiger partial charge on any atom is -0.394 e. The second-order valence-corrected chi connectivity index (χ2v) is 25.3. The molecule has 3 saturated carbocycles. The maximum Gasteiger partial charge on any atom is 0.263 e. The molecule has 8 rings (SSSR count). The minimum atomic E-state index is -2.12. The number of amides is 3. The minimum absolute atomic E-state index is 0.00416. The lowest BCUT2D eigenvalue weighted by molar-refractivity contribution is -0.154. The topological polar surface area (TPSA) is 99.6 Å². The predicted molar refractivity (Wildman–Crippen MR) is 217 cm³/mol. The maximum absolute atomic E-state index is 15.5. The van der Waals surface area contributed by atoms with Gasteiger partial charge in [0.2, 0.25) is 11.8 Å². The van der Waals surface area contributed by atoms with Crippen molar-refractivity contribution in [1.82, 2.24) is 14.7 Å². The molecule has 6 fully saturated rings. The van der Waals surface area contributed by atoms with Crippen LogP contribution < -0.4 is 0 Å². The summed E-state index contributed by atoms with van der Waals surface area (Å²) in [4.78, 5) is 49.6. The molecule has 4 heterocycles. The summed E-state index contributed by atoms with van der Waals surface area (Å²) in [6.45, 7) is 9.80. The summed E-state index contributed by atoms with van der Waals surface area (Å²) >= 11 is 0. The second kappa shape index (κ2) is 16.5. The van der Waals surface area contributed by atoms with Crippen LogP contribution in [0.1, 0.15) is 142 Å². The number of hydrogen-bond acceptors (Lipinski definition) is 6. The van der Waals surface area contributed by atoms with Crippen LogP contribution in [0.25, 0.3) is 0 Å². The Hall–Kier alpha value is -1.75. The normalized spacial score (nSPS) is 40.2. The molecular weight excluding hydrogens is 707 g/mol. The highest BCUT2D eigenvalue weighted by Gasteiger charge is 2.68. The Balaban J connectivity index is 1.08. The smallest absolute Gasteiger partial charge is 0.263 e. The van der Waals surface area contributed by atoms with Crippen LogP contribution in [0, 0.1) is 23.7 Å². The average molecular weight is 780 g/mol. The van der Waals surface area contributed by atoms with Gasteiger partial charge in [-0.3, -0.25) is 14.4 Å². The fourth-order valence-corrected chi connectivity index (χ4v) is 19.1. The summed E-state index contributed by atoms with van der Waals surface area (Å²) in [5.74, 6) is 2.09. The zero-order chi connectivity index (χ0) is 38.5. The molecule has 0 bridgehead atoms. The number of aliphatic hydroxyl groups excluding tert-OH is 1. The van der Waals surface area contributed by atoms with Crippen molar-refractivity contribution in [3.8, 4) is 0 Å². The number of aliphatic hydroxyl groups is 1. The van der Waals surface area contributed by atoms with Crippen LogP contribution in [0.2, 0.25) is 24.2 Å². The number of carbonyl (C=O) groups excluding carboxylic acids is 3. The number of allylic oxidation sites excluding steroid dienone is 1. The van der Waals surface area contributed by atoms with E-state index in [9.17, 15) is 14.7 Å². The predicted octanol–water partition coefficient (Wildman–Crippen LogP) is 7.83. The van der Waals surface area contributed by atoms with Gasteiger partial charge in [-0.2, -0.15) is 0 Å². The van der Waals surface area contributed by atoms with E-state index < -0.39 is 13.7 Å². The first-order chi connectivity index (χ1) is 26.6. The standard InChI is InChI=1S/C45H73N3O6Si/c1-30-43(55(3,4)37-21-19-36(53-2)20-22-37)40(26-42(51)47-28-33-14-6-5-13-32(33)25-35(47)29-49)54-45(30)38-16-7-8-17-39(38)48(44(45)52)27-31-12-11-15-34(24-31)46-23-10-9-18-41(46)50/h30-37,40,43,49H,5-29H2,1-4H3/t30-,31?,32?,33?,34?,35+,36?,37?,40+,43-,45+/m1/s1. The zero-order valence-electron chi connectivity index (χ0n) is 34.8. The Labute approximate surface area is 332 Å². The van der Waals surface area contributed by atoms with Crippen molar-refractivity contribution < 1.29 is 29.0 Å². The highest BCUT2D eigenvalue weighted by Crippen LogP contribution is 2.62. The lowest BCUT2D eigenvalue weighted by Gasteiger charge is -2.47. The maximum atomic E-state index is 15.5. The Morgan fingerprint density at radius 1 is 0.891 bits per heavy atom. The first-order valence-corrected chi connectivity index (χ1v) is 26.2. The molecule has 308 valence electrons. The number of methoxy groups -OCH3 is 1. The molecule has 0 aromatic carbocycles. The van der Waals surface area contributed by atoms with Crippen molar-refractivity contribution in [2.24, 2.45) is 23.7 Å². The van der Waals surface area contributed by atoms with E-state index in [2.05, 4.69) is 29.8 Å².